The summed E-state index contributed by atoms with van der Waals surface area (Å²) < 4.78 is 36.2. The molecule has 3 aliphatic heterocycles. The Labute approximate surface area is 295 Å². The van der Waals surface area contributed by atoms with Crippen molar-refractivity contribution in [1.29, 1.82) is 0 Å². The maximum Gasteiger partial charge on any atom is 0.294 e. The summed E-state index contributed by atoms with van der Waals surface area (Å²) in [5, 5.41) is 2.81. The van der Waals surface area contributed by atoms with Crippen LogP contribution in [-0.4, -0.2) is 72.1 Å². The molecule has 0 radical (unpaired) electrons. The minimum Gasteiger partial charge on any atom is -0.354 e. The lowest BCUT2D eigenvalue weighted by molar-refractivity contribution is -0.438. The molecule has 0 fully saturated rings. The highest BCUT2D eigenvalue weighted by Gasteiger charge is 2.44. The zero-order valence-corrected chi connectivity index (χ0v) is 30.5. The number of imide groups is 1. The standard InChI is InChI=1S/C39H46N4O6S/c1-7-41-30-20-21-31(50(47,48)49)27(2)37(30)39(5,6)33(41)18-10-8-9-17-32-38(3,4)28-15-11-12-16-29(28)42(32)25-14-13-19-34(44)40-24-26-43-35(45)22-23-36(43)46/h8-12,15-18,20-23H,7,13-14,19,24-26H2,1-6H3,(H-,40,44,47,48,49)/p+1. The lowest BCUT2D eigenvalue weighted by Gasteiger charge is -2.26. The monoisotopic (exact) mass is 699 g/mol. The van der Waals surface area contributed by atoms with Crippen molar-refractivity contribution in [2.24, 2.45) is 0 Å². The topological polar surface area (TPSA) is 127 Å². The van der Waals surface area contributed by atoms with Gasteiger partial charge in [0.05, 0.1) is 10.3 Å². The molecule has 0 unspecified atom stereocenters. The van der Waals surface area contributed by atoms with E-state index in [4.69, 9.17) is 0 Å². The first kappa shape index (κ1) is 36.7. The largest absolute Gasteiger partial charge is 0.354 e. The third kappa shape index (κ3) is 7.02. The Morgan fingerprint density at radius 2 is 1.64 bits per heavy atom. The molecule has 3 amide bonds. The highest BCUT2D eigenvalue weighted by atomic mass is 32.2. The normalized spacial score (nSPS) is 18.7. The average Bonchev–Trinajstić information content (AvgIpc) is 3.57. The number of carbonyl (C=O) groups excluding carboxylic acids is 3. The predicted octanol–water partition coefficient (Wildman–Crippen LogP) is 5.64. The zero-order chi connectivity index (χ0) is 36.4. The predicted molar refractivity (Wildman–Crippen MR) is 195 cm³/mol. The van der Waals surface area contributed by atoms with Gasteiger partial charge >= 0.3 is 0 Å². The molecule has 0 atom stereocenters. The van der Waals surface area contributed by atoms with E-state index < -0.39 is 15.5 Å². The SMILES string of the molecule is CCN1C(=CC=CC=CC2=[N+](CCCCC(=O)NCCN3C(=O)C=CC3=O)c3ccccc3C2(C)C)C(C)(C)c2c1ccc(S(=O)(=O)O)c2C. The third-order valence-electron chi connectivity index (χ3n) is 9.96. The number of fused-ring (bicyclic) bond motifs is 2. The molecule has 0 bridgehead atoms. The quantitative estimate of drug-likeness (QED) is 0.0911. The number of anilines is 1. The molecule has 0 aromatic heterocycles. The fourth-order valence-corrected chi connectivity index (χ4v) is 8.28. The van der Waals surface area contributed by atoms with Crippen LogP contribution in [0.2, 0.25) is 0 Å². The number of nitrogens with zero attached hydrogens (tertiary/aromatic N) is 3. The summed E-state index contributed by atoms with van der Waals surface area (Å²) >= 11 is 0. The van der Waals surface area contributed by atoms with Crippen LogP contribution in [0.5, 0.6) is 0 Å². The summed E-state index contributed by atoms with van der Waals surface area (Å²) in [6, 6.07) is 11.7. The molecule has 2 N–H and O–H groups in total. The van der Waals surface area contributed by atoms with Crippen molar-refractivity contribution < 1.29 is 31.9 Å². The molecule has 10 nitrogen and oxygen atoms in total. The van der Waals surface area contributed by atoms with Crippen LogP contribution in [0, 0.1) is 6.92 Å². The van der Waals surface area contributed by atoms with E-state index in [-0.39, 0.29) is 41.1 Å². The molecule has 264 valence electrons. The number of amides is 3. The van der Waals surface area contributed by atoms with E-state index >= 15 is 0 Å². The number of para-hydroxylation sites is 1. The van der Waals surface area contributed by atoms with Crippen LogP contribution < -0.4 is 10.2 Å². The van der Waals surface area contributed by atoms with Gasteiger partial charge in [-0.1, -0.05) is 50.3 Å². The first-order valence-electron chi connectivity index (χ1n) is 17.1. The van der Waals surface area contributed by atoms with Crippen molar-refractivity contribution in [3.63, 3.8) is 0 Å². The van der Waals surface area contributed by atoms with Gasteiger partial charge in [-0.15, -0.1) is 0 Å². The molecule has 0 aliphatic carbocycles. The maximum atomic E-state index is 12.5. The van der Waals surface area contributed by atoms with Gasteiger partial charge in [-0.3, -0.25) is 23.8 Å². The molecule has 2 aromatic rings. The third-order valence-corrected chi connectivity index (χ3v) is 11.0. The Hall–Kier alpha value is -4.61. The zero-order valence-electron chi connectivity index (χ0n) is 29.7. The van der Waals surface area contributed by atoms with Crippen molar-refractivity contribution in [2.45, 2.75) is 76.5 Å². The number of rotatable bonds is 13. The van der Waals surface area contributed by atoms with Crippen LogP contribution in [-0.2, 0) is 35.3 Å². The van der Waals surface area contributed by atoms with Gasteiger partial charge in [-0.2, -0.15) is 13.0 Å². The fourth-order valence-electron chi connectivity index (χ4n) is 7.55. The number of allylic oxidation sites excluding steroid dienone is 6. The summed E-state index contributed by atoms with van der Waals surface area (Å²) in [5.74, 6) is -0.813. The molecular weight excluding hydrogens is 653 g/mol. The van der Waals surface area contributed by atoms with E-state index in [1.807, 2.05) is 24.3 Å². The lowest BCUT2D eigenvalue weighted by Crippen LogP contribution is -2.38. The summed E-state index contributed by atoms with van der Waals surface area (Å²) in [4.78, 5) is 39.1. The first-order valence-corrected chi connectivity index (χ1v) is 18.5. The number of nitrogens with one attached hydrogen (secondary N) is 1. The summed E-state index contributed by atoms with van der Waals surface area (Å²) in [6.07, 6.45) is 14.6. The van der Waals surface area contributed by atoms with Gasteiger partial charge < -0.3 is 10.2 Å². The van der Waals surface area contributed by atoms with Crippen LogP contribution >= 0.6 is 0 Å². The van der Waals surface area contributed by atoms with Crippen molar-refractivity contribution in [3.8, 4) is 0 Å². The number of carbonyl (C=O) groups is 3. The number of unbranched alkanes of at least 4 members (excludes halogenated alkanes) is 1. The second kappa shape index (κ2) is 14.3. The number of hydrogen-bond donors (Lipinski definition) is 2. The number of hydrogen-bond acceptors (Lipinski definition) is 6. The summed E-state index contributed by atoms with van der Waals surface area (Å²) in [5.41, 5.74) is 6.29. The van der Waals surface area contributed by atoms with E-state index in [1.165, 1.54) is 23.8 Å². The molecule has 0 saturated heterocycles. The molecule has 3 heterocycles. The van der Waals surface area contributed by atoms with E-state index in [0.29, 0.717) is 24.9 Å². The van der Waals surface area contributed by atoms with E-state index in [0.717, 1.165) is 46.2 Å². The van der Waals surface area contributed by atoms with Crippen LogP contribution in [0.25, 0.3) is 0 Å². The van der Waals surface area contributed by atoms with Gasteiger partial charge in [-0.25, -0.2) is 0 Å². The Morgan fingerprint density at radius 3 is 2.32 bits per heavy atom. The van der Waals surface area contributed by atoms with Gasteiger partial charge in [0.1, 0.15) is 6.54 Å². The highest BCUT2D eigenvalue weighted by Crippen LogP contribution is 2.50. The van der Waals surface area contributed by atoms with Gasteiger partial charge in [0.2, 0.25) is 11.6 Å². The molecule has 11 heteroatoms. The Kier molecular flexibility index (Phi) is 10.5. The van der Waals surface area contributed by atoms with Gasteiger partial charge in [-0.05, 0) is 63.5 Å². The van der Waals surface area contributed by atoms with Crippen LogP contribution in [0.3, 0.4) is 0 Å². The molecule has 3 aliphatic rings. The van der Waals surface area contributed by atoms with Crippen molar-refractivity contribution in [3.05, 3.63) is 101 Å². The van der Waals surface area contributed by atoms with Gasteiger partial charge in [0.15, 0.2) is 5.71 Å². The Morgan fingerprint density at radius 1 is 0.940 bits per heavy atom. The highest BCUT2D eigenvalue weighted by molar-refractivity contribution is 7.85. The molecular formula is C39H47N4O6S+. The Bertz CT molecular complexity index is 1970. The van der Waals surface area contributed by atoms with Gasteiger partial charge in [0.25, 0.3) is 21.9 Å². The minimum absolute atomic E-state index is 0.0616. The number of likely N-dealkylation sites (N-methyl/N-ethyl adjacent to an activating group) is 1. The molecule has 0 spiro atoms. The van der Waals surface area contributed by atoms with Crippen molar-refractivity contribution >= 4 is 44.9 Å². The summed E-state index contributed by atoms with van der Waals surface area (Å²) in [6.45, 7) is 14.2. The first-order chi connectivity index (χ1) is 23.6. The number of benzene rings is 2. The minimum atomic E-state index is -4.34. The molecule has 2 aromatic carbocycles. The second-order valence-electron chi connectivity index (χ2n) is 13.9. The van der Waals surface area contributed by atoms with Crippen molar-refractivity contribution in [2.75, 3.05) is 31.1 Å². The van der Waals surface area contributed by atoms with E-state index in [1.54, 1.807) is 13.0 Å². The van der Waals surface area contributed by atoms with Crippen LogP contribution in [0.1, 0.15) is 70.6 Å². The van der Waals surface area contributed by atoms with Crippen molar-refractivity contribution in [1.82, 2.24) is 10.2 Å². The van der Waals surface area contributed by atoms with Crippen LogP contribution in [0.4, 0.5) is 11.4 Å². The lowest BCUT2D eigenvalue weighted by atomic mass is 9.81. The average molecular weight is 700 g/mol. The molecule has 50 heavy (non-hydrogen) atoms. The maximum absolute atomic E-state index is 12.5. The van der Waals surface area contributed by atoms with E-state index in [9.17, 15) is 27.4 Å². The smallest absolute Gasteiger partial charge is 0.294 e. The Balaban J connectivity index is 1.28. The second-order valence-corrected chi connectivity index (χ2v) is 15.3. The fraction of sp³-hybridized carbons (Fsp3) is 0.385. The summed E-state index contributed by atoms with van der Waals surface area (Å²) in [7, 11) is -4.34. The van der Waals surface area contributed by atoms with E-state index in [2.05, 4.69) is 79.8 Å². The van der Waals surface area contributed by atoms with Gasteiger partial charge in [0, 0.05) is 79.1 Å². The molecule has 0 saturated carbocycles. The molecule has 5 rings (SSSR count). The van der Waals surface area contributed by atoms with Crippen LogP contribution in [0.15, 0.2) is 89.5 Å².